The van der Waals surface area contributed by atoms with Gasteiger partial charge >= 0.3 is 11.9 Å². The molecule has 3 heterocycles. The van der Waals surface area contributed by atoms with Crippen molar-refractivity contribution >= 4 is 17.3 Å². The summed E-state index contributed by atoms with van der Waals surface area (Å²) in [4.78, 5) is 40.9. The van der Waals surface area contributed by atoms with E-state index >= 15 is 13.2 Å². The second-order valence-electron chi connectivity index (χ2n) is 8.49. The predicted molar refractivity (Wildman–Crippen MR) is 116 cm³/mol. The first-order chi connectivity index (χ1) is 15.6. The number of Topliss-reactive ketones (excluding diaryl/α,β-unsaturated/α-hetero) is 1. The van der Waals surface area contributed by atoms with E-state index in [0.717, 1.165) is 11.6 Å². The molecular formula is C24H20F3N3O3. The third kappa shape index (κ3) is 2.71. The minimum atomic E-state index is -4.99. The second kappa shape index (κ2) is 6.94. The number of anilines is 2. The molecule has 0 radical (unpaired) electrons. The van der Waals surface area contributed by atoms with E-state index in [4.69, 9.17) is 0 Å². The smallest absolute Gasteiger partial charge is 0.326 e. The van der Waals surface area contributed by atoms with Crippen molar-refractivity contribution in [2.75, 3.05) is 11.4 Å². The van der Waals surface area contributed by atoms with Crippen LogP contribution in [0.15, 0.2) is 58.1 Å². The quantitative estimate of drug-likeness (QED) is 0.569. The van der Waals surface area contributed by atoms with Gasteiger partial charge in [0.1, 0.15) is 11.2 Å². The van der Waals surface area contributed by atoms with E-state index in [9.17, 15) is 14.4 Å². The Labute approximate surface area is 186 Å². The summed E-state index contributed by atoms with van der Waals surface area (Å²) in [5.41, 5.74) is -4.25. The molecule has 2 aliphatic heterocycles. The van der Waals surface area contributed by atoms with Gasteiger partial charge in [0.15, 0.2) is 5.78 Å². The van der Waals surface area contributed by atoms with E-state index < -0.39 is 40.6 Å². The van der Waals surface area contributed by atoms with Gasteiger partial charge in [-0.05, 0) is 17.5 Å². The molecule has 2 aromatic carbocycles. The molecule has 2 aliphatic rings. The van der Waals surface area contributed by atoms with Gasteiger partial charge < -0.3 is 4.90 Å². The first kappa shape index (κ1) is 21.2. The molecule has 5 rings (SSSR count). The number of aromatic nitrogens is 2. The molecule has 33 heavy (non-hydrogen) atoms. The Hall–Kier alpha value is -3.62. The lowest BCUT2D eigenvalue weighted by Gasteiger charge is -2.44. The van der Waals surface area contributed by atoms with Crippen LogP contribution < -0.4 is 16.1 Å². The molecular weight excluding hydrogens is 435 g/mol. The maximum atomic E-state index is 15.2. The molecule has 170 valence electrons. The number of para-hydroxylation sites is 1. The Morgan fingerprint density at radius 3 is 2.36 bits per heavy atom. The monoisotopic (exact) mass is 455 g/mol. The van der Waals surface area contributed by atoms with Crippen molar-refractivity contribution in [1.29, 1.82) is 0 Å². The first-order valence-corrected chi connectivity index (χ1v) is 10.4. The molecule has 0 saturated carbocycles. The van der Waals surface area contributed by atoms with Gasteiger partial charge in [0, 0.05) is 32.6 Å². The lowest BCUT2D eigenvalue weighted by molar-refractivity contribution is -0.178. The van der Waals surface area contributed by atoms with Crippen molar-refractivity contribution in [2.45, 2.75) is 24.4 Å². The fraction of sp³-hybridized carbons (Fsp3) is 0.292. The lowest BCUT2D eigenvalue weighted by Crippen LogP contribution is -2.55. The predicted octanol–water partition coefficient (Wildman–Crippen LogP) is 3.21. The van der Waals surface area contributed by atoms with Gasteiger partial charge in [-0.1, -0.05) is 48.5 Å². The average Bonchev–Trinajstić information content (AvgIpc) is 3.22. The summed E-state index contributed by atoms with van der Waals surface area (Å²) in [5.74, 6) is -0.836. The van der Waals surface area contributed by atoms with E-state index in [2.05, 4.69) is 0 Å². The summed E-state index contributed by atoms with van der Waals surface area (Å²) < 4.78 is 47.5. The number of ketones is 1. The number of carbonyl (C=O) groups excluding carboxylic acids is 1. The number of hydrogen-bond acceptors (Lipinski definition) is 4. The Bertz CT molecular complexity index is 1420. The minimum Gasteiger partial charge on any atom is -0.326 e. The highest BCUT2D eigenvalue weighted by Crippen LogP contribution is 2.58. The summed E-state index contributed by atoms with van der Waals surface area (Å²) in [7, 11) is 2.51. The maximum absolute atomic E-state index is 15.2. The number of benzene rings is 2. The SMILES string of the molecule is Cn1c2c(c(=O)n(C)c1=O)C(CC(=O)c1ccccc1)(C(F)(F)F)c1cccc3c1N2CC3. The normalized spacial score (nSPS) is 18.8. The zero-order chi connectivity index (χ0) is 23.7. The molecule has 3 aromatic rings. The number of alkyl halides is 3. The van der Waals surface area contributed by atoms with Crippen LogP contribution in [0.4, 0.5) is 24.7 Å². The van der Waals surface area contributed by atoms with Gasteiger partial charge in [-0.15, -0.1) is 0 Å². The van der Waals surface area contributed by atoms with Crippen LogP contribution in [0.3, 0.4) is 0 Å². The van der Waals surface area contributed by atoms with Gasteiger partial charge in [0.25, 0.3) is 5.56 Å². The van der Waals surface area contributed by atoms with Gasteiger partial charge in [0.05, 0.1) is 11.3 Å². The zero-order valence-corrected chi connectivity index (χ0v) is 17.9. The van der Waals surface area contributed by atoms with Crippen LogP contribution in [-0.2, 0) is 25.9 Å². The second-order valence-corrected chi connectivity index (χ2v) is 8.49. The summed E-state index contributed by atoms with van der Waals surface area (Å²) in [5, 5.41) is 0. The number of fused-ring (bicyclic) bond motifs is 2. The maximum Gasteiger partial charge on any atom is 0.403 e. The van der Waals surface area contributed by atoms with E-state index in [1.165, 1.54) is 31.3 Å². The number of nitrogens with zero attached hydrogens (tertiary/aromatic N) is 3. The molecule has 0 spiro atoms. The molecule has 0 amide bonds. The highest BCUT2D eigenvalue weighted by molar-refractivity contribution is 5.98. The lowest BCUT2D eigenvalue weighted by atomic mass is 9.67. The van der Waals surface area contributed by atoms with Crippen LogP contribution in [0.5, 0.6) is 0 Å². The van der Waals surface area contributed by atoms with Crippen molar-refractivity contribution in [3.05, 3.63) is 91.6 Å². The van der Waals surface area contributed by atoms with Gasteiger partial charge in [-0.3, -0.25) is 18.7 Å². The summed E-state index contributed by atoms with van der Waals surface area (Å²) in [6.45, 7) is 0.334. The van der Waals surface area contributed by atoms with E-state index in [1.807, 2.05) is 0 Å². The van der Waals surface area contributed by atoms with Gasteiger partial charge in [-0.25, -0.2) is 4.79 Å². The van der Waals surface area contributed by atoms with Crippen molar-refractivity contribution < 1.29 is 18.0 Å². The average molecular weight is 455 g/mol. The van der Waals surface area contributed by atoms with Crippen LogP contribution in [0, 0.1) is 0 Å². The molecule has 1 aromatic heterocycles. The minimum absolute atomic E-state index is 0.0984. The zero-order valence-electron chi connectivity index (χ0n) is 17.9. The summed E-state index contributed by atoms with van der Waals surface area (Å²) in [6.07, 6.45) is -5.50. The molecule has 0 N–H and O–H groups in total. The first-order valence-electron chi connectivity index (χ1n) is 10.4. The van der Waals surface area contributed by atoms with E-state index in [-0.39, 0.29) is 16.9 Å². The fourth-order valence-electron chi connectivity index (χ4n) is 5.21. The van der Waals surface area contributed by atoms with Crippen molar-refractivity contribution in [1.82, 2.24) is 9.13 Å². The molecule has 0 saturated heterocycles. The van der Waals surface area contributed by atoms with Crippen LogP contribution >= 0.6 is 0 Å². The van der Waals surface area contributed by atoms with Crippen molar-refractivity contribution in [2.24, 2.45) is 14.1 Å². The topological polar surface area (TPSA) is 64.3 Å². The molecule has 0 aliphatic carbocycles. The number of hydrogen-bond donors (Lipinski definition) is 0. The molecule has 1 atom stereocenters. The largest absolute Gasteiger partial charge is 0.403 e. The standard InChI is InChI=1S/C24H20F3N3O3/c1-28-20-18(21(32)29(2)22(28)33)23(24(25,26)27,13-17(31)14-7-4-3-5-8-14)16-10-6-9-15-11-12-30(20)19(15)16/h3-10H,11-13H2,1-2H3. The van der Waals surface area contributed by atoms with Crippen molar-refractivity contribution in [3.63, 3.8) is 0 Å². The Kier molecular flexibility index (Phi) is 4.46. The summed E-state index contributed by atoms with van der Waals surface area (Å²) >= 11 is 0. The van der Waals surface area contributed by atoms with Crippen LogP contribution in [0.1, 0.15) is 33.5 Å². The van der Waals surface area contributed by atoms with Crippen LogP contribution in [-0.4, -0.2) is 27.6 Å². The number of carbonyl (C=O) groups is 1. The third-order valence-electron chi connectivity index (χ3n) is 6.78. The Morgan fingerprint density at radius 1 is 1.00 bits per heavy atom. The molecule has 0 fully saturated rings. The highest BCUT2D eigenvalue weighted by Gasteiger charge is 2.64. The van der Waals surface area contributed by atoms with Crippen LogP contribution in [0.25, 0.3) is 0 Å². The van der Waals surface area contributed by atoms with E-state index in [0.29, 0.717) is 28.8 Å². The summed E-state index contributed by atoms with van der Waals surface area (Å²) in [6, 6.07) is 12.3. The van der Waals surface area contributed by atoms with Crippen LogP contribution in [0.2, 0.25) is 0 Å². The molecule has 6 nitrogen and oxygen atoms in total. The Morgan fingerprint density at radius 2 is 1.70 bits per heavy atom. The van der Waals surface area contributed by atoms with Gasteiger partial charge in [0.2, 0.25) is 0 Å². The Balaban J connectivity index is 1.93. The third-order valence-corrected chi connectivity index (χ3v) is 6.78. The fourth-order valence-corrected chi connectivity index (χ4v) is 5.21. The van der Waals surface area contributed by atoms with Crippen molar-refractivity contribution in [3.8, 4) is 0 Å². The molecule has 9 heteroatoms. The molecule has 0 bridgehead atoms. The number of rotatable bonds is 3. The van der Waals surface area contributed by atoms with E-state index in [1.54, 1.807) is 29.2 Å². The van der Waals surface area contributed by atoms with Gasteiger partial charge in [-0.2, -0.15) is 13.2 Å². The molecule has 1 unspecified atom stereocenters. The highest BCUT2D eigenvalue weighted by atomic mass is 19.4. The number of halogens is 3.